The van der Waals surface area contributed by atoms with Gasteiger partial charge in [-0.3, -0.25) is 4.79 Å². The lowest BCUT2D eigenvalue weighted by Gasteiger charge is -2.16. The number of amides is 1. The maximum absolute atomic E-state index is 11.8. The van der Waals surface area contributed by atoms with Crippen LogP contribution in [0.3, 0.4) is 0 Å². The van der Waals surface area contributed by atoms with Gasteiger partial charge in [0.2, 0.25) is 5.91 Å². The van der Waals surface area contributed by atoms with E-state index in [0.29, 0.717) is 6.42 Å². The molecular weight excluding hydrogens is 226 g/mol. The molecule has 0 radical (unpaired) electrons. The normalized spacial score (nSPS) is 18.2. The second-order valence-corrected chi connectivity index (χ2v) is 4.27. The first-order valence-electron chi connectivity index (χ1n) is 5.93. The van der Waals surface area contributed by atoms with Crippen LogP contribution < -0.4 is 10.1 Å². The molecule has 0 spiro atoms. The van der Waals surface area contributed by atoms with Crippen molar-refractivity contribution in [3.05, 3.63) is 60.2 Å². The van der Waals surface area contributed by atoms with Crippen LogP contribution in [-0.2, 0) is 4.79 Å². The van der Waals surface area contributed by atoms with Crippen molar-refractivity contribution in [3.8, 4) is 5.75 Å². The molecule has 1 amide bonds. The number of anilines is 1. The van der Waals surface area contributed by atoms with Gasteiger partial charge in [-0.05, 0) is 17.7 Å². The molecule has 2 aromatic rings. The minimum absolute atomic E-state index is 0.0196. The number of ether oxygens (including phenoxy) is 1. The molecule has 0 unspecified atom stereocenters. The predicted octanol–water partition coefficient (Wildman–Crippen LogP) is 3.15. The molecule has 1 N–H and O–H groups in total. The predicted molar refractivity (Wildman–Crippen MR) is 69.5 cm³/mol. The van der Waals surface area contributed by atoms with E-state index in [1.54, 1.807) is 0 Å². The summed E-state index contributed by atoms with van der Waals surface area (Å²) < 4.78 is 5.93. The molecule has 2 aromatic carbocycles. The summed E-state index contributed by atoms with van der Waals surface area (Å²) in [7, 11) is 0. The molecule has 1 atom stereocenters. The first-order chi connectivity index (χ1) is 8.83. The van der Waals surface area contributed by atoms with E-state index in [-0.39, 0.29) is 12.0 Å². The van der Waals surface area contributed by atoms with Crippen LogP contribution in [0.15, 0.2) is 54.6 Å². The fourth-order valence-electron chi connectivity index (χ4n) is 2.09. The lowest BCUT2D eigenvalue weighted by Crippen LogP contribution is -2.14. The molecule has 0 saturated carbocycles. The lowest BCUT2D eigenvalue weighted by atomic mass is 10.1. The summed E-state index contributed by atoms with van der Waals surface area (Å²) in [4.78, 5) is 11.8. The second kappa shape index (κ2) is 4.53. The number of hydrogen-bond donors (Lipinski definition) is 1. The summed E-state index contributed by atoms with van der Waals surface area (Å²) in [6, 6.07) is 17.3. The molecule has 3 nitrogen and oxygen atoms in total. The van der Waals surface area contributed by atoms with E-state index in [0.717, 1.165) is 17.0 Å². The van der Waals surface area contributed by atoms with Crippen LogP contribution in [0, 0.1) is 0 Å². The van der Waals surface area contributed by atoms with Crippen molar-refractivity contribution in [1.29, 1.82) is 0 Å². The van der Waals surface area contributed by atoms with Crippen LogP contribution in [0.1, 0.15) is 18.1 Å². The zero-order chi connectivity index (χ0) is 12.4. The molecule has 0 aliphatic carbocycles. The van der Waals surface area contributed by atoms with Gasteiger partial charge in [-0.2, -0.15) is 0 Å². The zero-order valence-corrected chi connectivity index (χ0v) is 9.80. The minimum atomic E-state index is -0.227. The van der Waals surface area contributed by atoms with Crippen molar-refractivity contribution in [2.24, 2.45) is 0 Å². The van der Waals surface area contributed by atoms with Crippen LogP contribution in [0.4, 0.5) is 5.69 Å². The topological polar surface area (TPSA) is 38.3 Å². The van der Waals surface area contributed by atoms with E-state index in [1.807, 2.05) is 54.6 Å². The Labute approximate surface area is 105 Å². The van der Waals surface area contributed by atoms with Crippen molar-refractivity contribution in [2.75, 3.05) is 5.32 Å². The van der Waals surface area contributed by atoms with E-state index in [4.69, 9.17) is 4.74 Å². The van der Waals surface area contributed by atoms with Gasteiger partial charge >= 0.3 is 0 Å². The largest absolute Gasteiger partial charge is 0.483 e. The van der Waals surface area contributed by atoms with Crippen molar-refractivity contribution < 1.29 is 9.53 Å². The zero-order valence-electron chi connectivity index (χ0n) is 9.80. The van der Waals surface area contributed by atoms with Gasteiger partial charge in [0.05, 0.1) is 12.1 Å². The third-order valence-electron chi connectivity index (χ3n) is 2.97. The number of fused-ring (bicyclic) bond motifs is 1. The number of nitrogens with one attached hydrogen (secondary N) is 1. The Kier molecular flexibility index (Phi) is 2.73. The molecule has 1 aliphatic rings. The maximum atomic E-state index is 11.8. The van der Waals surface area contributed by atoms with E-state index < -0.39 is 0 Å². The number of carbonyl (C=O) groups is 1. The van der Waals surface area contributed by atoms with Crippen LogP contribution in [0.2, 0.25) is 0 Å². The standard InChI is InChI=1S/C15H13NO2/c17-15-10-14(11-6-2-1-3-7-11)18-13-9-5-4-8-12(13)16-15/h1-9,14H,10H2,(H,16,17)/t14-/m1/s1. The lowest BCUT2D eigenvalue weighted by molar-refractivity contribution is -0.117. The fourth-order valence-corrected chi connectivity index (χ4v) is 2.09. The summed E-state index contributed by atoms with van der Waals surface area (Å²) in [6.45, 7) is 0. The Morgan fingerprint density at radius 1 is 1.00 bits per heavy atom. The minimum Gasteiger partial charge on any atom is -0.483 e. The van der Waals surface area contributed by atoms with Gasteiger partial charge in [0.25, 0.3) is 0 Å². The van der Waals surface area contributed by atoms with Gasteiger partial charge in [-0.25, -0.2) is 0 Å². The monoisotopic (exact) mass is 239 g/mol. The summed E-state index contributed by atoms with van der Waals surface area (Å²) in [5.74, 6) is 0.700. The highest BCUT2D eigenvalue weighted by Crippen LogP contribution is 2.33. The molecule has 1 aliphatic heterocycles. The van der Waals surface area contributed by atoms with Gasteiger partial charge in [0.1, 0.15) is 11.9 Å². The van der Waals surface area contributed by atoms with Crippen LogP contribution in [-0.4, -0.2) is 5.91 Å². The maximum Gasteiger partial charge on any atom is 0.228 e. The molecule has 0 aromatic heterocycles. The van der Waals surface area contributed by atoms with Crippen molar-refractivity contribution in [2.45, 2.75) is 12.5 Å². The molecule has 3 heteroatoms. The third kappa shape index (κ3) is 2.07. The Morgan fingerprint density at radius 2 is 1.72 bits per heavy atom. The molecule has 1 heterocycles. The van der Waals surface area contributed by atoms with Crippen molar-refractivity contribution in [1.82, 2.24) is 0 Å². The Bertz CT molecular complexity index is 566. The van der Waals surface area contributed by atoms with E-state index >= 15 is 0 Å². The highest BCUT2D eigenvalue weighted by molar-refractivity contribution is 5.93. The van der Waals surface area contributed by atoms with E-state index in [2.05, 4.69) is 5.32 Å². The SMILES string of the molecule is O=C1C[C@H](c2ccccc2)Oc2ccccc2N1. The number of benzene rings is 2. The fraction of sp³-hybridized carbons (Fsp3) is 0.133. The quantitative estimate of drug-likeness (QED) is 0.830. The number of hydrogen-bond acceptors (Lipinski definition) is 2. The summed E-state index contributed by atoms with van der Waals surface area (Å²) >= 11 is 0. The van der Waals surface area contributed by atoms with E-state index in [1.165, 1.54) is 0 Å². The smallest absolute Gasteiger partial charge is 0.228 e. The number of rotatable bonds is 1. The van der Waals surface area contributed by atoms with Crippen molar-refractivity contribution >= 4 is 11.6 Å². The van der Waals surface area contributed by atoms with Gasteiger partial charge in [0.15, 0.2) is 0 Å². The first-order valence-corrected chi connectivity index (χ1v) is 5.93. The number of para-hydroxylation sites is 2. The van der Waals surface area contributed by atoms with Crippen LogP contribution in [0.25, 0.3) is 0 Å². The van der Waals surface area contributed by atoms with Crippen LogP contribution in [0.5, 0.6) is 5.75 Å². The molecule has 90 valence electrons. The van der Waals surface area contributed by atoms with Gasteiger partial charge in [0, 0.05) is 0 Å². The molecule has 3 rings (SSSR count). The molecule has 18 heavy (non-hydrogen) atoms. The third-order valence-corrected chi connectivity index (χ3v) is 2.97. The highest BCUT2D eigenvalue weighted by atomic mass is 16.5. The average molecular weight is 239 g/mol. The van der Waals surface area contributed by atoms with Crippen molar-refractivity contribution in [3.63, 3.8) is 0 Å². The van der Waals surface area contributed by atoms with E-state index in [9.17, 15) is 4.79 Å². The molecule has 0 saturated heterocycles. The Hall–Kier alpha value is -2.29. The van der Waals surface area contributed by atoms with Gasteiger partial charge in [-0.15, -0.1) is 0 Å². The second-order valence-electron chi connectivity index (χ2n) is 4.27. The van der Waals surface area contributed by atoms with Gasteiger partial charge in [-0.1, -0.05) is 42.5 Å². The average Bonchev–Trinajstić information content (AvgIpc) is 2.57. The Morgan fingerprint density at radius 3 is 2.56 bits per heavy atom. The van der Waals surface area contributed by atoms with Gasteiger partial charge < -0.3 is 10.1 Å². The highest BCUT2D eigenvalue weighted by Gasteiger charge is 2.23. The molecule has 0 bridgehead atoms. The number of carbonyl (C=O) groups excluding carboxylic acids is 1. The summed E-state index contributed by atoms with van der Waals surface area (Å²) in [5.41, 5.74) is 1.75. The molecule has 0 fully saturated rings. The van der Waals surface area contributed by atoms with Crippen LogP contribution >= 0.6 is 0 Å². The first kappa shape index (κ1) is 10.8. The Balaban J connectivity index is 1.97. The molecular formula is C15H13NO2. The summed E-state index contributed by atoms with van der Waals surface area (Å²) in [6.07, 6.45) is 0.105. The summed E-state index contributed by atoms with van der Waals surface area (Å²) in [5, 5.41) is 2.86.